The first-order valence-corrected chi connectivity index (χ1v) is 11.2. The highest BCUT2D eigenvalue weighted by molar-refractivity contribution is 6.30. The van der Waals surface area contributed by atoms with Crippen LogP contribution >= 0.6 is 11.6 Å². The van der Waals surface area contributed by atoms with Crippen LogP contribution in [-0.4, -0.2) is 39.5 Å². The lowest BCUT2D eigenvalue weighted by molar-refractivity contribution is 0.0686. The van der Waals surface area contributed by atoms with Crippen molar-refractivity contribution in [3.8, 4) is 5.75 Å². The van der Waals surface area contributed by atoms with E-state index in [9.17, 15) is 23.9 Å². The number of halogens is 2. The molecule has 2 bridgehead atoms. The molecule has 0 saturated carbocycles. The van der Waals surface area contributed by atoms with Gasteiger partial charge in [-0.05, 0) is 48.2 Å². The Labute approximate surface area is 199 Å². The van der Waals surface area contributed by atoms with Crippen molar-refractivity contribution in [3.63, 3.8) is 0 Å². The molecular formula is C25H21ClFN3O4. The van der Waals surface area contributed by atoms with Crippen LogP contribution < -0.4 is 10.7 Å². The Morgan fingerprint density at radius 1 is 1.24 bits per heavy atom. The van der Waals surface area contributed by atoms with Crippen molar-refractivity contribution in [2.45, 2.75) is 25.9 Å². The lowest BCUT2D eigenvalue weighted by Gasteiger charge is -2.35. The zero-order valence-electron chi connectivity index (χ0n) is 18.3. The second-order valence-electron chi connectivity index (χ2n) is 8.61. The Balaban J connectivity index is 1.55. The summed E-state index contributed by atoms with van der Waals surface area (Å²) < 4.78 is 15.6. The van der Waals surface area contributed by atoms with E-state index in [0.717, 1.165) is 16.7 Å². The van der Waals surface area contributed by atoms with Crippen molar-refractivity contribution in [1.29, 1.82) is 0 Å². The summed E-state index contributed by atoms with van der Waals surface area (Å²) in [7, 11) is 0. The molecule has 9 heteroatoms. The fraction of sp³-hybridized carbons (Fsp3) is 0.240. The molecule has 2 aliphatic heterocycles. The third-order valence-electron chi connectivity index (χ3n) is 6.44. The van der Waals surface area contributed by atoms with Gasteiger partial charge in [-0.3, -0.25) is 14.4 Å². The number of rotatable bonds is 3. The van der Waals surface area contributed by atoms with E-state index in [0.29, 0.717) is 24.5 Å². The Morgan fingerprint density at radius 2 is 2.03 bits per heavy atom. The monoisotopic (exact) mass is 481 g/mol. The van der Waals surface area contributed by atoms with E-state index in [1.165, 1.54) is 16.8 Å². The van der Waals surface area contributed by atoms with E-state index in [-0.39, 0.29) is 23.4 Å². The molecule has 2 N–H and O–H groups in total. The van der Waals surface area contributed by atoms with Gasteiger partial charge >= 0.3 is 0 Å². The van der Waals surface area contributed by atoms with Crippen molar-refractivity contribution >= 4 is 23.4 Å². The standard InChI is InChI=1S/C25H21ClFN3O4/c1-13-2-3-15(19(27)8-13)10-28-24(33)18-11-30-20-12-29(25(34)21(30)23(32)22(18)31)7-6-14-9-16(26)4-5-17(14)20/h2-5,8-9,11,20,32H,6-7,10,12H2,1H3,(H,28,33). The molecule has 3 heterocycles. The number of carbonyl (C=O) groups is 2. The molecule has 0 spiro atoms. The van der Waals surface area contributed by atoms with Crippen LogP contribution in [-0.2, 0) is 13.0 Å². The summed E-state index contributed by atoms with van der Waals surface area (Å²) >= 11 is 6.17. The number of benzene rings is 2. The maximum absolute atomic E-state index is 14.2. The zero-order chi connectivity index (χ0) is 24.1. The first-order chi connectivity index (χ1) is 16.2. The summed E-state index contributed by atoms with van der Waals surface area (Å²) in [4.78, 5) is 40.4. The molecule has 2 aromatic carbocycles. The van der Waals surface area contributed by atoms with Crippen LogP contribution in [0.25, 0.3) is 0 Å². The van der Waals surface area contributed by atoms with Gasteiger partial charge in [-0.1, -0.05) is 29.8 Å². The molecule has 3 aromatic rings. The van der Waals surface area contributed by atoms with Crippen LogP contribution in [0.4, 0.5) is 4.39 Å². The number of amides is 2. The Morgan fingerprint density at radius 3 is 2.79 bits per heavy atom. The summed E-state index contributed by atoms with van der Waals surface area (Å²) in [5, 5.41) is 13.8. The summed E-state index contributed by atoms with van der Waals surface area (Å²) in [6.45, 7) is 2.37. The molecule has 0 fully saturated rings. The minimum absolute atomic E-state index is 0.135. The molecule has 0 radical (unpaired) electrons. The second kappa shape index (κ2) is 8.29. The summed E-state index contributed by atoms with van der Waals surface area (Å²) in [6.07, 6.45) is 1.88. The highest BCUT2D eigenvalue weighted by Crippen LogP contribution is 2.35. The smallest absolute Gasteiger partial charge is 0.274 e. The molecule has 0 aliphatic carbocycles. The number of aromatic nitrogens is 1. The van der Waals surface area contributed by atoms with E-state index in [1.54, 1.807) is 30.0 Å². The van der Waals surface area contributed by atoms with Crippen LogP contribution in [0.1, 0.15) is 49.1 Å². The quantitative estimate of drug-likeness (QED) is 0.601. The minimum atomic E-state index is -0.947. The van der Waals surface area contributed by atoms with E-state index in [4.69, 9.17) is 11.6 Å². The molecule has 2 amide bonds. The number of pyridine rings is 1. The second-order valence-corrected chi connectivity index (χ2v) is 9.05. The van der Waals surface area contributed by atoms with Gasteiger partial charge in [0.25, 0.3) is 11.8 Å². The summed E-state index contributed by atoms with van der Waals surface area (Å²) in [5.74, 6) is -2.48. The van der Waals surface area contributed by atoms with Gasteiger partial charge in [0.05, 0.1) is 6.04 Å². The average molecular weight is 482 g/mol. The largest absolute Gasteiger partial charge is 0.503 e. The molecule has 0 saturated heterocycles. The molecule has 174 valence electrons. The van der Waals surface area contributed by atoms with Crippen molar-refractivity contribution < 1.29 is 19.1 Å². The molecule has 1 aromatic heterocycles. The average Bonchev–Trinajstić information content (AvgIpc) is 2.96. The van der Waals surface area contributed by atoms with Crippen molar-refractivity contribution in [2.75, 3.05) is 13.1 Å². The maximum Gasteiger partial charge on any atom is 0.274 e. The number of hydrogen-bond acceptors (Lipinski definition) is 4. The molecular weight excluding hydrogens is 461 g/mol. The van der Waals surface area contributed by atoms with Crippen LogP contribution in [0.5, 0.6) is 5.75 Å². The summed E-state index contributed by atoms with van der Waals surface area (Å²) in [6, 6.07) is 9.68. The number of nitrogens with zero attached hydrogens (tertiary/aromatic N) is 2. The highest BCUT2D eigenvalue weighted by Gasteiger charge is 2.38. The third kappa shape index (κ3) is 3.64. The van der Waals surface area contributed by atoms with Gasteiger partial charge in [0.2, 0.25) is 5.43 Å². The molecule has 1 unspecified atom stereocenters. The SMILES string of the molecule is Cc1ccc(CNC(=O)c2cn3c(c(O)c2=O)C(=O)N2CCc4cc(Cl)ccc4C3C2)c(F)c1. The van der Waals surface area contributed by atoms with E-state index in [1.807, 2.05) is 12.1 Å². The number of carbonyl (C=O) groups excluding carboxylic acids is 2. The van der Waals surface area contributed by atoms with E-state index in [2.05, 4.69) is 5.32 Å². The van der Waals surface area contributed by atoms with Crippen molar-refractivity contribution in [3.05, 3.63) is 97.2 Å². The van der Waals surface area contributed by atoms with Gasteiger partial charge in [0, 0.05) is 36.4 Å². The molecule has 2 aliphatic rings. The Kier molecular flexibility index (Phi) is 5.40. The van der Waals surface area contributed by atoms with Crippen LogP contribution in [0.3, 0.4) is 0 Å². The topological polar surface area (TPSA) is 91.6 Å². The fourth-order valence-corrected chi connectivity index (χ4v) is 4.84. The highest BCUT2D eigenvalue weighted by atomic mass is 35.5. The van der Waals surface area contributed by atoms with Gasteiger partial charge in [0.15, 0.2) is 11.4 Å². The molecule has 7 nitrogen and oxygen atoms in total. The van der Waals surface area contributed by atoms with Crippen LogP contribution in [0.15, 0.2) is 47.4 Å². The van der Waals surface area contributed by atoms with Crippen LogP contribution in [0, 0.1) is 12.7 Å². The lowest BCUT2D eigenvalue weighted by atomic mass is 9.97. The number of fused-ring (bicyclic) bond motifs is 6. The predicted octanol–water partition coefficient (Wildman–Crippen LogP) is 3.19. The number of aryl methyl sites for hydroxylation is 1. The van der Waals surface area contributed by atoms with Crippen LogP contribution in [0.2, 0.25) is 5.02 Å². The predicted molar refractivity (Wildman–Crippen MR) is 124 cm³/mol. The minimum Gasteiger partial charge on any atom is -0.503 e. The van der Waals surface area contributed by atoms with Gasteiger partial charge in [-0.25, -0.2) is 4.39 Å². The Bertz CT molecular complexity index is 1420. The lowest BCUT2D eigenvalue weighted by Crippen LogP contribution is -2.45. The molecule has 5 rings (SSSR count). The number of hydrogen-bond donors (Lipinski definition) is 2. The van der Waals surface area contributed by atoms with Gasteiger partial charge in [-0.15, -0.1) is 0 Å². The van der Waals surface area contributed by atoms with Gasteiger partial charge in [0.1, 0.15) is 11.4 Å². The zero-order valence-corrected chi connectivity index (χ0v) is 19.0. The maximum atomic E-state index is 14.2. The number of aromatic hydroxyl groups is 1. The first kappa shape index (κ1) is 22.2. The number of nitrogens with one attached hydrogen (secondary N) is 1. The third-order valence-corrected chi connectivity index (χ3v) is 6.67. The van der Waals surface area contributed by atoms with Crippen molar-refractivity contribution in [1.82, 2.24) is 14.8 Å². The van der Waals surface area contributed by atoms with Gasteiger partial charge < -0.3 is 19.9 Å². The normalized spacial score (nSPS) is 16.5. The Hall–Kier alpha value is -3.65. The summed E-state index contributed by atoms with van der Waals surface area (Å²) in [5.41, 5.74) is 1.45. The van der Waals surface area contributed by atoms with E-state index < -0.39 is 34.9 Å². The van der Waals surface area contributed by atoms with Gasteiger partial charge in [-0.2, -0.15) is 0 Å². The molecule has 34 heavy (non-hydrogen) atoms. The van der Waals surface area contributed by atoms with Crippen molar-refractivity contribution in [2.24, 2.45) is 0 Å². The molecule has 1 atom stereocenters. The fourth-order valence-electron chi connectivity index (χ4n) is 4.65. The van der Waals surface area contributed by atoms with E-state index >= 15 is 0 Å². The first-order valence-electron chi connectivity index (χ1n) is 10.8.